The van der Waals surface area contributed by atoms with Crippen molar-refractivity contribution in [2.45, 2.75) is 27.0 Å². The van der Waals surface area contributed by atoms with Crippen LogP contribution in [0.1, 0.15) is 23.6 Å². The molecule has 3 aromatic carbocycles. The van der Waals surface area contributed by atoms with Gasteiger partial charge in [-0.3, -0.25) is 0 Å². The SMILES string of the molecule is CCOc1cc(CNc2ccc(Br)cc2C)ccc1OCc1ccccc1Cl. The molecule has 3 nitrogen and oxygen atoms in total. The summed E-state index contributed by atoms with van der Waals surface area (Å²) in [4.78, 5) is 0. The fourth-order valence-corrected chi connectivity index (χ4v) is 3.51. The van der Waals surface area contributed by atoms with Crippen LogP contribution < -0.4 is 14.8 Å². The van der Waals surface area contributed by atoms with Crippen molar-refractivity contribution < 1.29 is 9.47 Å². The molecule has 0 aliphatic rings. The van der Waals surface area contributed by atoms with E-state index in [0.29, 0.717) is 30.5 Å². The molecule has 0 amide bonds. The molecular weight excluding hydrogens is 438 g/mol. The standard InChI is InChI=1S/C23H23BrClNO2/c1-3-27-23-13-17(14-26-21-10-9-19(24)12-16(21)2)8-11-22(23)28-15-18-6-4-5-7-20(18)25/h4-13,26H,3,14-15H2,1-2H3. The van der Waals surface area contributed by atoms with Gasteiger partial charge in [-0.25, -0.2) is 0 Å². The predicted molar refractivity (Wildman–Crippen MR) is 120 cm³/mol. The second kappa shape index (κ2) is 9.85. The zero-order valence-corrected chi connectivity index (χ0v) is 18.3. The molecule has 3 rings (SSSR count). The lowest BCUT2D eigenvalue weighted by atomic mass is 10.1. The van der Waals surface area contributed by atoms with Crippen LogP contribution in [-0.4, -0.2) is 6.61 Å². The fraction of sp³-hybridized carbons (Fsp3) is 0.217. The molecule has 0 heterocycles. The zero-order valence-electron chi connectivity index (χ0n) is 16.0. The summed E-state index contributed by atoms with van der Waals surface area (Å²) in [7, 11) is 0. The summed E-state index contributed by atoms with van der Waals surface area (Å²) in [5.41, 5.74) is 4.37. The first-order valence-electron chi connectivity index (χ1n) is 9.18. The summed E-state index contributed by atoms with van der Waals surface area (Å²) in [5.74, 6) is 1.45. The normalized spacial score (nSPS) is 10.6. The smallest absolute Gasteiger partial charge is 0.161 e. The highest BCUT2D eigenvalue weighted by Gasteiger charge is 2.09. The molecule has 0 fully saturated rings. The van der Waals surface area contributed by atoms with Gasteiger partial charge in [0, 0.05) is 27.3 Å². The van der Waals surface area contributed by atoms with Gasteiger partial charge in [-0.15, -0.1) is 0 Å². The van der Waals surface area contributed by atoms with Crippen molar-refractivity contribution in [3.63, 3.8) is 0 Å². The molecule has 0 spiro atoms. The van der Waals surface area contributed by atoms with E-state index >= 15 is 0 Å². The van der Waals surface area contributed by atoms with Crippen LogP contribution in [-0.2, 0) is 13.2 Å². The van der Waals surface area contributed by atoms with E-state index in [0.717, 1.165) is 27.0 Å². The van der Waals surface area contributed by atoms with Crippen molar-refractivity contribution in [2.24, 2.45) is 0 Å². The van der Waals surface area contributed by atoms with E-state index < -0.39 is 0 Å². The Kier molecular flexibility index (Phi) is 7.24. The number of halogens is 2. The monoisotopic (exact) mass is 459 g/mol. The molecule has 0 aliphatic heterocycles. The van der Waals surface area contributed by atoms with Crippen LogP contribution in [0.3, 0.4) is 0 Å². The van der Waals surface area contributed by atoms with E-state index in [1.807, 2.05) is 55.5 Å². The van der Waals surface area contributed by atoms with Crippen molar-refractivity contribution in [3.8, 4) is 11.5 Å². The van der Waals surface area contributed by atoms with Gasteiger partial charge in [0.25, 0.3) is 0 Å². The molecule has 0 atom stereocenters. The van der Waals surface area contributed by atoms with E-state index in [1.165, 1.54) is 5.56 Å². The lowest BCUT2D eigenvalue weighted by molar-refractivity contribution is 0.269. The predicted octanol–water partition coefficient (Wildman–Crippen LogP) is 7.00. The molecule has 28 heavy (non-hydrogen) atoms. The number of anilines is 1. The lowest BCUT2D eigenvalue weighted by Gasteiger charge is -2.15. The number of hydrogen-bond acceptors (Lipinski definition) is 3. The number of benzene rings is 3. The number of nitrogens with one attached hydrogen (secondary N) is 1. The summed E-state index contributed by atoms with van der Waals surface area (Å²) in [6.45, 7) is 5.73. The topological polar surface area (TPSA) is 30.5 Å². The van der Waals surface area contributed by atoms with Gasteiger partial charge in [0.1, 0.15) is 6.61 Å². The molecule has 146 valence electrons. The van der Waals surface area contributed by atoms with Gasteiger partial charge in [-0.1, -0.05) is 51.8 Å². The molecule has 5 heteroatoms. The maximum atomic E-state index is 6.22. The van der Waals surface area contributed by atoms with Crippen LogP contribution >= 0.6 is 27.5 Å². The summed E-state index contributed by atoms with van der Waals surface area (Å²) in [6.07, 6.45) is 0. The molecule has 0 aromatic heterocycles. The highest BCUT2D eigenvalue weighted by molar-refractivity contribution is 9.10. The molecule has 1 N–H and O–H groups in total. The molecular formula is C23H23BrClNO2. The van der Waals surface area contributed by atoms with E-state index in [1.54, 1.807) is 0 Å². The van der Waals surface area contributed by atoms with Crippen LogP contribution in [0.2, 0.25) is 5.02 Å². The van der Waals surface area contributed by atoms with E-state index in [9.17, 15) is 0 Å². The fourth-order valence-electron chi connectivity index (χ4n) is 2.84. The number of ether oxygens (including phenoxy) is 2. The molecule has 0 saturated heterocycles. The molecule has 0 aliphatic carbocycles. The second-order valence-electron chi connectivity index (χ2n) is 6.41. The van der Waals surface area contributed by atoms with Crippen molar-refractivity contribution in [1.82, 2.24) is 0 Å². The summed E-state index contributed by atoms with van der Waals surface area (Å²) in [5, 5.41) is 4.18. The molecule has 0 radical (unpaired) electrons. The van der Waals surface area contributed by atoms with Gasteiger partial charge >= 0.3 is 0 Å². The lowest BCUT2D eigenvalue weighted by Crippen LogP contribution is -2.04. The van der Waals surface area contributed by atoms with E-state index in [2.05, 4.69) is 40.3 Å². The Balaban J connectivity index is 1.70. The Hall–Kier alpha value is -2.17. The third-order valence-electron chi connectivity index (χ3n) is 4.32. The first-order chi connectivity index (χ1) is 13.6. The van der Waals surface area contributed by atoms with Gasteiger partial charge in [-0.05, 0) is 61.4 Å². The largest absolute Gasteiger partial charge is 0.490 e. The first kappa shape index (κ1) is 20.6. The van der Waals surface area contributed by atoms with Crippen LogP contribution in [0.5, 0.6) is 11.5 Å². The van der Waals surface area contributed by atoms with Gasteiger partial charge in [0.2, 0.25) is 0 Å². The number of aryl methyl sites for hydroxylation is 1. The quantitative estimate of drug-likeness (QED) is 0.392. The third kappa shape index (κ3) is 5.43. The highest BCUT2D eigenvalue weighted by atomic mass is 79.9. The van der Waals surface area contributed by atoms with Gasteiger partial charge in [0.05, 0.1) is 6.61 Å². The van der Waals surface area contributed by atoms with Crippen LogP contribution in [0.25, 0.3) is 0 Å². The van der Waals surface area contributed by atoms with E-state index in [-0.39, 0.29) is 0 Å². The Bertz CT molecular complexity index is 946. The zero-order chi connectivity index (χ0) is 19.9. The van der Waals surface area contributed by atoms with Crippen molar-refractivity contribution >= 4 is 33.2 Å². The molecule has 0 bridgehead atoms. The van der Waals surface area contributed by atoms with Crippen molar-refractivity contribution in [3.05, 3.63) is 86.8 Å². The maximum Gasteiger partial charge on any atom is 0.161 e. The van der Waals surface area contributed by atoms with E-state index in [4.69, 9.17) is 21.1 Å². The van der Waals surface area contributed by atoms with Crippen LogP contribution in [0.15, 0.2) is 65.1 Å². The number of rotatable bonds is 8. The Morgan fingerprint density at radius 1 is 0.964 bits per heavy atom. The minimum atomic E-state index is 0.398. The third-order valence-corrected chi connectivity index (χ3v) is 5.18. The second-order valence-corrected chi connectivity index (χ2v) is 7.73. The van der Waals surface area contributed by atoms with Crippen LogP contribution in [0, 0.1) is 6.92 Å². The first-order valence-corrected chi connectivity index (χ1v) is 10.4. The van der Waals surface area contributed by atoms with Gasteiger partial charge in [-0.2, -0.15) is 0 Å². The molecule has 0 unspecified atom stereocenters. The average molecular weight is 461 g/mol. The van der Waals surface area contributed by atoms with Crippen LogP contribution in [0.4, 0.5) is 5.69 Å². The van der Waals surface area contributed by atoms with Crippen molar-refractivity contribution in [1.29, 1.82) is 0 Å². The number of hydrogen-bond donors (Lipinski definition) is 1. The van der Waals surface area contributed by atoms with Gasteiger partial charge < -0.3 is 14.8 Å². The Labute approximate surface area is 179 Å². The Morgan fingerprint density at radius 2 is 1.79 bits per heavy atom. The van der Waals surface area contributed by atoms with Crippen molar-refractivity contribution in [2.75, 3.05) is 11.9 Å². The summed E-state index contributed by atoms with van der Waals surface area (Å²) in [6, 6.07) is 19.9. The minimum Gasteiger partial charge on any atom is -0.490 e. The molecule has 3 aromatic rings. The molecule has 0 saturated carbocycles. The minimum absolute atomic E-state index is 0.398. The summed E-state index contributed by atoms with van der Waals surface area (Å²) < 4.78 is 12.8. The summed E-state index contributed by atoms with van der Waals surface area (Å²) >= 11 is 9.71. The average Bonchev–Trinajstić information content (AvgIpc) is 2.68. The van der Waals surface area contributed by atoms with Gasteiger partial charge in [0.15, 0.2) is 11.5 Å². The highest BCUT2D eigenvalue weighted by Crippen LogP contribution is 2.30. The maximum absolute atomic E-state index is 6.22. The Morgan fingerprint density at radius 3 is 2.54 bits per heavy atom.